The van der Waals surface area contributed by atoms with E-state index in [9.17, 15) is 9.90 Å². The van der Waals surface area contributed by atoms with Crippen LogP contribution in [0.25, 0.3) is 0 Å². The predicted octanol–water partition coefficient (Wildman–Crippen LogP) is 2.66. The van der Waals surface area contributed by atoms with Crippen molar-refractivity contribution in [2.45, 2.75) is 51.9 Å². The fourth-order valence-electron chi connectivity index (χ4n) is 3.65. The van der Waals surface area contributed by atoms with Crippen molar-refractivity contribution in [3.63, 3.8) is 0 Å². The molecular weight excluding hydrogens is 266 g/mol. The number of amides is 1. The number of anilines is 1. The highest BCUT2D eigenvalue weighted by molar-refractivity contribution is 5.93. The van der Waals surface area contributed by atoms with Gasteiger partial charge in [0, 0.05) is 18.0 Å². The van der Waals surface area contributed by atoms with Gasteiger partial charge in [0.2, 0.25) is 5.91 Å². The zero-order valence-corrected chi connectivity index (χ0v) is 12.8. The molecule has 2 aliphatic rings. The van der Waals surface area contributed by atoms with Crippen LogP contribution in [0.2, 0.25) is 0 Å². The molecule has 0 saturated carbocycles. The van der Waals surface area contributed by atoms with Crippen molar-refractivity contribution in [3.05, 3.63) is 29.3 Å². The van der Waals surface area contributed by atoms with Crippen LogP contribution in [0, 0.1) is 11.8 Å². The normalized spacial score (nSPS) is 33.4. The number of hydrogen-bond donors (Lipinski definition) is 2. The monoisotopic (exact) mass is 289 g/mol. The van der Waals surface area contributed by atoms with E-state index in [1.54, 1.807) is 0 Å². The second-order valence-corrected chi connectivity index (χ2v) is 6.39. The first kappa shape index (κ1) is 14.5. The van der Waals surface area contributed by atoms with Crippen LogP contribution in [-0.4, -0.2) is 23.2 Å². The van der Waals surface area contributed by atoms with Gasteiger partial charge >= 0.3 is 0 Å². The Morgan fingerprint density at radius 3 is 2.67 bits per heavy atom. The quantitative estimate of drug-likeness (QED) is 0.880. The van der Waals surface area contributed by atoms with Gasteiger partial charge in [0.15, 0.2) is 0 Å². The lowest BCUT2D eigenvalue weighted by Crippen LogP contribution is -2.25. The smallest absolute Gasteiger partial charge is 0.224 e. The molecule has 114 valence electrons. The van der Waals surface area contributed by atoms with E-state index >= 15 is 0 Å². The number of nitrogens with one attached hydrogen (secondary N) is 1. The van der Waals surface area contributed by atoms with E-state index < -0.39 is 6.10 Å². The van der Waals surface area contributed by atoms with Crippen molar-refractivity contribution in [2.24, 2.45) is 11.8 Å². The molecule has 1 amide bonds. The minimum Gasteiger partial charge on any atom is -0.388 e. The van der Waals surface area contributed by atoms with Crippen LogP contribution < -0.4 is 5.32 Å². The van der Waals surface area contributed by atoms with Crippen molar-refractivity contribution >= 4 is 11.6 Å². The van der Waals surface area contributed by atoms with Gasteiger partial charge < -0.3 is 15.2 Å². The molecule has 2 aliphatic heterocycles. The van der Waals surface area contributed by atoms with Crippen LogP contribution >= 0.6 is 0 Å². The minimum atomic E-state index is -0.525. The van der Waals surface area contributed by atoms with Gasteiger partial charge in [-0.1, -0.05) is 19.1 Å². The SMILES string of the molecule is CC1OC(C)C(C(O)c2ccc3c(c2)CCC(=O)N3)C1C. The van der Waals surface area contributed by atoms with Gasteiger partial charge in [-0.25, -0.2) is 0 Å². The summed E-state index contributed by atoms with van der Waals surface area (Å²) in [5.41, 5.74) is 2.91. The highest BCUT2D eigenvalue weighted by atomic mass is 16.5. The third-order valence-corrected chi connectivity index (χ3v) is 5.05. The van der Waals surface area contributed by atoms with Crippen LogP contribution in [0.3, 0.4) is 0 Å². The molecule has 1 fully saturated rings. The summed E-state index contributed by atoms with van der Waals surface area (Å²) >= 11 is 0. The first-order valence-electron chi connectivity index (χ1n) is 7.73. The summed E-state index contributed by atoms with van der Waals surface area (Å²) in [6.45, 7) is 6.24. The summed E-state index contributed by atoms with van der Waals surface area (Å²) in [4.78, 5) is 11.4. The molecule has 2 N–H and O–H groups in total. The molecule has 4 nitrogen and oxygen atoms in total. The maximum Gasteiger partial charge on any atom is 0.224 e. The van der Waals surface area contributed by atoms with Gasteiger partial charge in [0.05, 0.1) is 18.3 Å². The molecule has 0 aliphatic carbocycles. The van der Waals surface area contributed by atoms with E-state index in [4.69, 9.17) is 4.74 Å². The third kappa shape index (κ3) is 2.58. The van der Waals surface area contributed by atoms with Crippen molar-refractivity contribution < 1.29 is 14.6 Å². The zero-order chi connectivity index (χ0) is 15.1. The molecule has 0 spiro atoms. The number of rotatable bonds is 2. The fourth-order valence-corrected chi connectivity index (χ4v) is 3.65. The molecule has 3 rings (SSSR count). The van der Waals surface area contributed by atoms with E-state index in [0.717, 1.165) is 23.2 Å². The molecule has 5 atom stereocenters. The predicted molar refractivity (Wildman–Crippen MR) is 81.0 cm³/mol. The number of benzene rings is 1. The topological polar surface area (TPSA) is 58.6 Å². The zero-order valence-electron chi connectivity index (χ0n) is 12.8. The van der Waals surface area contributed by atoms with Crippen molar-refractivity contribution in [3.8, 4) is 0 Å². The van der Waals surface area contributed by atoms with Gasteiger partial charge in [0.25, 0.3) is 0 Å². The maximum absolute atomic E-state index is 11.4. The Balaban J connectivity index is 1.85. The number of aliphatic hydroxyl groups excluding tert-OH is 1. The lowest BCUT2D eigenvalue weighted by Gasteiger charge is -2.26. The van der Waals surface area contributed by atoms with Crippen LogP contribution in [0.1, 0.15) is 44.4 Å². The number of ether oxygens (including phenoxy) is 1. The first-order chi connectivity index (χ1) is 9.97. The largest absolute Gasteiger partial charge is 0.388 e. The summed E-state index contributed by atoms with van der Waals surface area (Å²) in [6, 6.07) is 5.85. The number of aryl methyl sites for hydroxylation is 1. The molecule has 1 aromatic rings. The van der Waals surface area contributed by atoms with E-state index in [0.29, 0.717) is 12.3 Å². The van der Waals surface area contributed by atoms with Gasteiger partial charge in [-0.05, 0) is 43.4 Å². The van der Waals surface area contributed by atoms with Gasteiger partial charge in [-0.2, -0.15) is 0 Å². The lowest BCUT2D eigenvalue weighted by atomic mass is 9.81. The van der Waals surface area contributed by atoms with Crippen LogP contribution in [-0.2, 0) is 16.0 Å². The molecule has 21 heavy (non-hydrogen) atoms. The van der Waals surface area contributed by atoms with Gasteiger partial charge in [-0.15, -0.1) is 0 Å². The van der Waals surface area contributed by atoms with Crippen LogP contribution in [0.4, 0.5) is 5.69 Å². The van der Waals surface area contributed by atoms with Gasteiger partial charge in [0.1, 0.15) is 0 Å². The molecule has 0 radical (unpaired) electrons. The van der Waals surface area contributed by atoms with E-state index in [1.807, 2.05) is 25.1 Å². The summed E-state index contributed by atoms with van der Waals surface area (Å²) in [6.07, 6.45) is 0.966. The van der Waals surface area contributed by atoms with E-state index in [2.05, 4.69) is 19.2 Å². The van der Waals surface area contributed by atoms with Crippen LogP contribution in [0.5, 0.6) is 0 Å². The van der Waals surface area contributed by atoms with Crippen molar-refractivity contribution in [2.75, 3.05) is 5.32 Å². The molecule has 0 aromatic heterocycles. The molecule has 5 unspecified atom stereocenters. The average Bonchev–Trinajstić information content (AvgIpc) is 2.71. The van der Waals surface area contributed by atoms with Crippen molar-refractivity contribution in [1.29, 1.82) is 0 Å². The molecule has 1 saturated heterocycles. The Bertz CT molecular complexity index is 557. The second-order valence-electron chi connectivity index (χ2n) is 6.39. The van der Waals surface area contributed by atoms with E-state index in [1.165, 1.54) is 0 Å². The Morgan fingerprint density at radius 1 is 1.24 bits per heavy atom. The second kappa shape index (κ2) is 5.43. The Kier molecular flexibility index (Phi) is 3.76. The molecule has 0 bridgehead atoms. The Hall–Kier alpha value is -1.39. The highest BCUT2D eigenvalue weighted by Gasteiger charge is 2.41. The Morgan fingerprint density at radius 2 is 2.00 bits per heavy atom. The first-order valence-corrected chi connectivity index (χ1v) is 7.73. The summed E-state index contributed by atoms with van der Waals surface area (Å²) < 4.78 is 5.84. The summed E-state index contributed by atoms with van der Waals surface area (Å²) in [5.74, 6) is 0.498. The maximum atomic E-state index is 11.4. The highest BCUT2D eigenvalue weighted by Crippen LogP contribution is 2.41. The minimum absolute atomic E-state index is 0.0562. The average molecular weight is 289 g/mol. The lowest BCUT2D eigenvalue weighted by molar-refractivity contribution is -0.116. The molecule has 2 heterocycles. The number of fused-ring (bicyclic) bond motifs is 1. The molecular formula is C17H23NO3. The van der Waals surface area contributed by atoms with Crippen LogP contribution in [0.15, 0.2) is 18.2 Å². The molecule has 4 heteroatoms. The van der Waals surface area contributed by atoms with Gasteiger partial charge in [-0.3, -0.25) is 4.79 Å². The Labute approximate surface area is 125 Å². The fraction of sp³-hybridized carbons (Fsp3) is 0.588. The number of hydrogen-bond acceptors (Lipinski definition) is 3. The number of carbonyl (C=O) groups excluding carboxylic acids is 1. The van der Waals surface area contributed by atoms with Crippen molar-refractivity contribution in [1.82, 2.24) is 0 Å². The standard InChI is InChI=1S/C17H23NO3/c1-9-10(2)21-11(3)16(9)17(20)13-4-6-14-12(8-13)5-7-15(19)18-14/h4,6,8-11,16-17,20H,5,7H2,1-3H3,(H,18,19). The number of carbonyl (C=O) groups is 1. The number of aliphatic hydroxyl groups is 1. The van der Waals surface area contributed by atoms with E-state index in [-0.39, 0.29) is 24.0 Å². The third-order valence-electron chi connectivity index (χ3n) is 5.05. The summed E-state index contributed by atoms with van der Waals surface area (Å²) in [5, 5.41) is 13.6. The summed E-state index contributed by atoms with van der Waals surface area (Å²) in [7, 11) is 0. The molecule has 1 aromatic carbocycles.